The summed E-state index contributed by atoms with van der Waals surface area (Å²) in [5.41, 5.74) is 2.26. The summed E-state index contributed by atoms with van der Waals surface area (Å²) in [5.74, 6) is -0.911. The lowest BCUT2D eigenvalue weighted by molar-refractivity contribution is -0.125. The van der Waals surface area contributed by atoms with Crippen molar-refractivity contribution in [3.63, 3.8) is 0 Å². The Balaban J connectivity index is 1.47. The lowest BCUT2D eigenvalue weighted by Crippen LogP contribution is -2.22. The number of benzene rings is 3. The largest absolute Gasteiger partial charge is 0.322 e. The first-order valence-corrected chi connectivity index (χ1v) is 8.82. The Hall–Kier alpha value is -3.47. The van der Waals surface area contributed by atoms with Crippen LogP contribution >= 0.6 is 0 Å². The highest BCUT2D eigenvalue weighted by molar-refractivity contribution is 6.12. The number of fused-ring (bicyclic) bond motifs is 1. The van der Waals surface area contributed by atoms with Gasteiger partial charge in [0.1, 0.15) is 0 Å². The predicted octanol–water partition coefficient (Wildman–Crippen LogP) is 3.30. The maximum atomic E-state index is 12.7. The number of hydrogen-bond acceptors (Lipinski definition) is 3. The van der Waals surface area contributed by atoms with E-state index in [1.165, 1.54) is 0 Å². The molecule has 27 heavy (non-hydrogen) atoms. The molecule has 0 aromatic heterocycles. The van der Waals surface area contributed by atoms with Gasteiger partial charge in [0.05, 0.1) is 5.92 Å². The summed E-state index contributed by atoms with van der Waals surface area (Å²) >= 11 is 0. The second kappa shape index (κ2) is 7.03. The summed E-state index contributed by atoms with van der Waals surface area (Å²) in [7, 11) is 0. The molecule has 0 bridgehead atoms. The molecule has 0 aliphatic carbocycles. The summed E-state index contributed by atoms with van der Waals surface area (Å²) in [5, 5.41) is 7.16. The lowest BCUT2D eigenvalue weighted by atomic mass is 9.98. The molecule has 5 nitrogen and oxygen atoms in total. The number of anilines is 1. The molecule has 3 amide bonds. The summed E-state index contributed by atoms with van der Waals surface area (Å²) in [6.45, 7) is 0. The van der Waals surface area contributed by atoms with Gasteiger partial charge in [0.2, 0.25) is 11.8 Å². The van der Waals surface area contributed by atoms with Gasteiger partial charge in [0.25, 0.3) is 5.91 Å². The summed E-state index contributed by atoms with van der Waals surface area (Å²) in [6.07, 6.45) is 0.744. The van der Waals surface area contributed by atoms with Crippen molar-refractivity contribution in [2.45, 2.75) is 12.8 Å². The number of rotatable bonds is 4. The van der Waals surface area contributed by atoms with Crippen molar-refractivity contribution in [2.75, 3.05) is 5.32 Å². The minimum atomic E-state index is -0.311. The highest BCUT2D eigenvalue weighted by Crippen LogP contribution is 2.21. The zero-order chi connectivity index (χ0) is 18.8. The average Bonchev–Trinajstić information content (AvgIpc) is 2.99. The molecule has 134 valence electrons. The van der Waals surface area contributed by atoms with Crippen molar-refractivity contribution in [1.82, 2.24) is 5.32 Å². The molecule has 3 aromatic rings. The Morgan fingerprint density at radius 3 is 2.44 bits per heavy atom. The van der Waals surface area contributed by atoms with E-state index in [0.717, 1.165) is 16.3 Å². The molecular weight excluding hydrogens is 340 g/mol. The SMILES string of the molecule is O=C1CC(Cc2ccc(NC(=O)c3cccc4ccccc34)cc2)C(=O)N1. The van der Waals surface area contributed by atoms with Crippen LogP contribution in [0.4, 0.5) is 5.69 Å². The van der Waals surface area contributed by atoms with Crippen LogP contribution in [0.2, 0.25) is 0 Å². The number of carbonyl (C=O) groups excluding carboxylic acids is 3. The molecule has 1 aliphatic heterocycles. The molecule has 0 saturated carbocycles. The zero-order valence-electron chi connectivity index (χ0n) is 14.6. The van der Waals surface area contributed by atoms with Crippen molar-refractivity contribution in [2.24, 2.45) is 5.92 Å². The Kier molecular flexibility index (Phi) is 4.42. The van der Waals surface area contributed by atoms with E-state index in [4.69, 9.17) is 0 Å². The molecule has 0 spiro atoms. The first-order chi connectivity index (χ1) is 13.1. The minimum absolute atomic E-state index is 0.166. The van der Waals surface area contributed by atoms with E-state index >= 15 is 0 Å². The summed E-state index contributed by atoms with van der Waals surface area (Å²) < 4.78 is 0. The van der Waals surface area contributed by atoms with E-state index < -0.39 is 0 Å². The monoisotopic (exact) mass is 358 g/mol. The van der Waals surface area contributed by atoms with Gasteiger partial charge in [-0.3, -0.25) is 19.7 Å². The fourth-order valence-electron chi connectivity index (χ4n) is 3.40. The van der Waals surface area contributed by atoms with E-state index in [1.807, 2.05) is 66.7 Å². The molecule has 1 aliphatic rings. The van der Waals surface area contributed by atoms with Crippen molar-refractivity contribution in [1.29, 1.82) is 0 Å². The molecule has 1 atom stereocenters. The van der Waals surface area contributed by atoms with Crippen molar-refractivity contribution >= 4 is 34.2 Å². The molecule has 4 rings (SSSR count). The zero-order valence-corrected chi connectivity index (χ0v) is 14.6. The Morgan fingerprint density at radius 1 is 0.963 bits per heavy atom. The van der Waals surface area contributed by atoms with Gasteiger partial charge in [-0.2, -0.15) is 0 Å². The van der Waals surface area contributed by atoms with Crippen LogP contribution in [-0.4, -0.2) is 17.7 Å². The van der Waals surface area contributed by atoms with Crippen LogP contribution in [0, 0.1) is 5.92 Å². The minimum Gasteiger partial charge on any atom is -0.322 e. The smallest absolute Gasteiger partial charge is 0.256 e. The van der Waals surface area contributed by atoms with Gasteiger partial charge >= 0.3 is 0 Å². The summed E-state index contributed by atoms with van der Waals surface area (Å²) in [4.78, 5) is 35.6. The molecular formula is C22H18N2O3. The lowest BCUT2D eigenvalue weighted by Gasteiger charge is -2.10. The first kappa shape index (κ1) is 17.0. The number of nitrogens with one attached hydrogen (secondary N) is 2. The predicted molar refractivity (Wildman–Crippen MR) is 103 cm³/mol. The van der Waals surface area contributed by atoms with E-state index in [0.29, 0.717) is 17.7 Å². The number of carbonyl (C=O) groups is 3. The quantitative estimate of drug-likeness (QED) is 0.703. The molecule has 1 heterocycles. The van der Waals surface area contributed by atoms with Crippen LogP contribution in [0.25, 0.3) is 10.8 Å². The topological polar surface area (TPSA) is 75.3 Å². The first-order valence-electron chi connectivity index (χ1n) is 8.82. The standard InChI is InChI=1S/C22H18N2O3/c25-20-13-16(21(26)24-20)12-14-8-10-17(11-9-14)23-22(27)19-7-3-5-15-4-1-2-6-18(15)19/h1-11,16H,12-13H2,(H,23,27)(H,24,25,26). The van der Waals surface area contributed by atoms with Crippen LogP contribution < -0.4 is 10.6 Å². The molecule has 1 unspecified atom stereocenters. The van der Waals surface area contributed by atoms with Gasteiger partial charge in [0.15, 0.2) is 0 Å². The van der Waals surface area contributed by atoms with E-state index in [1.54, 1.807) is 0 Å². The number of amides is 3. The maximum Gasteiger partial charge on any atom is 0.256 e. The second-order valence-electron chi connectivity index (χ2n) is 6.70. The third-order valence-electron chi connectivity index (χ3n) is 4.79. The number of imide groups is 1. The molecule has 0 radical (unpaired) electrons. The summed E-state index contributed by atoms with van der Waals surface area (Å²) in [6, 6.07) is 20.8. The van der Waals surface area contributed by atoms with Crippen LogP contribution in [0.15, 0.2) is 66.7 Å². The fraction of sp³-hybridized carbons (Fsp3) is 0.136. The molecule has 1 saturated heterocycles. The van der Waals surface area contributed by atoms with E-state index in [9.17, 15) is 14.4 Å². The van der Waals surface area contributed by atoms with Crippen LogP contribution in [0.1, 0.15) is 22.3 Å². The van der Waals surface area contributed by atoms with Gasteiger partial charge in [-0.05, 0) is 41.0 Å². The van der Waals surface area contributed by atoms with Crippen LogP contribution in [-0.2, 0) is 16.0 Å². The van der Waals surface area contributed by atoms with Gasteiger partial charge in [-0.15, -0.1) is 0 Å². The number of hydrogen-bond donors (Lipinski definition) is 2. The molecule has 5 heteroatoms. The van der Waals surface area contributed by atoms with Crippen molar-refractivity contribution in [3.8, 4) is 0 Å². The molecule has 1 fully saturated rings. The van der Waals surface area contributed by atoms with Crippen LogP contribution in [0.3, 0.4) is 0 Å². The van der Waals surface area contributed by atoms with Gasteiger partial charge in [0, 0.05) is 17.7 Å². The second-order valence-corrected chi connectivity index (χ2v) is 6.70. The Labute approximate surface area is 156 Å². The Bertz CT molecular complexity index is 1040. The van der Waals surface area contributed by atoms with Gasteiger partial charge < -0.3 is 5.32 Å². The molecule has 2 N–H and O–H groups in total. The highest BCUT2D eigenvalue weighted by Gasteiger charge is 2.30. The van der Waals surface area contributed by atoms with Gasteiger partial charge in [-0.25, -0.2) is 0 Å². The molecule has 3 aromatic carbocycles. The van der Waals surface area contributed by atoms with Gasteiger partial charge in [-0.1, -0.05) is 48.5 Å². The normalized spacial score (nSPS) is 16.4. The third kappa shape index (κ3) is 3.58. The highest BCUT2D eigenvalue weighted by atomic mass is 16.2. The Morgan fingerprint density at radius 2 is 1.70 bits per heavy atom. The third-order valence-corrected chi connectivity index (χ3v) is 4.79. The van der Waals surface area contributed by atoms with Crippen molar-refractivity contribution in [3.05, 3.63) is 77.9 Å². The van der Waals surface area contributed by atoms with Crippen molar-refractivity contribution < 1.29 is 14.4 Å². The maximum absolute atomic E-state index is 12.7. The average molecular weight is 358 g/mol. The fourth-order valence-corrected chi connectivity index (χ4v) is 3.40. The van der Waals surface area contributed by atoms with E-state index in [-0.39, 0.29) is 30.1 Å². The van der Waals surface area contributed by atoms with E-state index in [2.05, 4.69) is 10.6 Å². The van der Waals surface area contributed by atoms with Crippen LogP contribution in [0.5, 0.6) is 0 Å².